The third-order valence-electron chi connectivity index (χ3n) is 2.46. The molecule has 0 spiro atoms. The molecule has 0 atom stereocenters. The van der Waals surface area contributed by atoms with Crippen LogP contribution in [-0.4, -0.2) is 16.5 Å². The Morgan fingerprint density at radius 3 is 2.94 bits per heavy atom. The van der Waals surface area contributed by atoms with E-state index in [1.54, 1.807) is 6.20 Å². The van der Waals surface area contributed by atoms with Gasteiger partial charge in [0, 0.05) is 41.7 Å². The van der Waals surface area contributed by atoms with Gasteiger partial charge in [-0.05, 0) is 18.6 Å². The molecule has 2 N–H and O–H groups in total. The van der Waals surface area contributed by atoms with Gasteiger partial charge >= 0.3 is 0 Å². The zero-order chi connectivity index (χ0) is 11.2. The number of H-pyrrole nitrogens is 1. The molecule has 0 unspecified atom stereocenters. The van der Waals surface area contributed by atoms with Crippen molar-refractivity contribution < 1.29 is 0 Å². The second-order valence-corrected chi connectivity index (χ2v) is 4.94. The third kappa shape index (κ3) is 3.18. The van der Waals surface area contributed by atoms with Gasteiger partial charge < -0.3 is 10.3 Å². The van der Waals surface area contributed by atoms with Crippen LogP contribution in [0, 0.1) is 0 Å². The highest BCUT2D eigenvalue weighted by atomic mass is 32.1. The fourth-order valence-corrected chi connectivity index (χ4v) is 2.49. The summed E-state index contributed by atoms with van der Waals surface area (Å²) in [6.07, 6.45) is 5.75. The molecule has 0 fully saturated rings. The monoisotopic (exact) mass is 235 g/mol. The summed E-state index contributed by atoms with van der Waals surface area (Å²) in [5.74, 6) is 1.05. The number of rotatable bonds is 6. The number of nitrogens with one attached hydrogen (secondary N) is 2. The van der Waals surface area contributed by atoms with Gasteiger partial charge in [0.15, 0.2) is 0 Å². The van der Waals surface area contributed by atoms with Crippen LogP contribution in [0.5, 0.6) is 0 Å². The molecule has 2 heterocycles. The van der Waals surface area contributed by atoms with Crippen LogP contribution in [-0.2, 0) is 19.4 Å². The molecule has 2 aromatic rings. The van der Waals surface area contributed by atoms with Gasteiger partial charge in [0.05, 0.1) is 0 Å². The first-order valence-electron chi connectivity index (χ1n) is 5.65. The molecule has 0 aliphatic carbocycles. The quantitative estimate of drug-likeness (QED) is 0.755. The summed E-state index contributed by atoms with van der Waals surface area (Å²) < 4.78 is 0. The van der Waals surface area contributed by atoms with Crippen LogP contribution in [0.1, 0.15) is 22.5 Å². The largest absolute Gasteiger partial charge is 0.349 e. The van der Waals surface area contributed by atoms with Crippen molar-refractivity contribution >= 4 is 11.3 Å². The van der Waals surface area contributed by atoms with Crippen molar-refractivity contribution in [2.75, 3.05) is 6.54 Å². The SMILES string of the molecule is CCc1ccc(CNCCc2ncc[nH]2)s1. The van der Waals surface area contributed by atoms with Crippen LogP contribution in [0.4, 0.5) is 0 Å². The van der Waals surface area contributed by atoms with E-state index in [1.807, 2.05) is 17.5 Å². The maximum absolute atomic E-state index is 4.19. The summed E-state index contributed by atoms with van der Waals surface area (Å²) in [6.45, 7) is 4.12. The predicted octanol–water partition coefficient (Wildman–Crippen LogP) is 2.37. The van der Waals surface area contributed by atoms with Crippen molar-refractivity contribution in [1.29, 1.82) is 0 Å². The number of aryl methyl sites for hydroxylation is 1. The van der Waals surface area contributed by atoms with Gasteiger partial charge in [-0.15, -0.1) is 11.3 Å². The Bertz CT molecular complexity index is 406. The summed E-state index contributed by atoms with van der Waals surface area (Å²) in [6, 6.07) is 4.43. The molecule has 2 aromatic heterocycles. The lowest BCUT2D eigenvalue weighted by atomic mass is 10.3. The summed E-state index contributed by atoms with van der Waals surface area (Å²) in [4.78, 5) is 10.2. The third-order valence-corrected chi connectivity index (χ3v) is 3.69. The minimum atomic E-state index is 0.957. The summed E-state index contributed by atoms with van der Waals surface area (Å²) in [5.41, 5.74) is 0. The van der Waals surface area contributed by atoms with Gasteiger partial charge in [0.1, 0.15) is 5.82 Å². The van der Waals surface area contributed by atoms with Crippen LogP contribution in [0.15, 0.2) is 24.5 Å². The minimum absolute atomic E-state index is 0.957. The van der Waals surface area contributed by atoms with E-state index in [2.05, 4.69) is 34.3 Å². The first-order valence-corrected chi connectivity index (χ1v) is 6.46. The normalized spacial score (nSPS) is 10.8. The summed E-state index contributed by atoms with van der Waals surface area (Å²) in [7, 11) is 0. The van der Waals surface area contributed by atoms with E-state index >= 15 is 0 Å². The molecular weight excluding hydrogens is 218 g/mol. The van der Waals surface area contributed by atoms with Gasteiger partial charge in [0.2, 0.25) is 0 Å². The lowest BCUT2D eigenvalue weighted by Gasteiger charge is -2.00. The fraction of sp³-hybridized carbons (Fsp3) is 0.417. The van der Waals surface area contributed by atoms with Crippen molar-refractivity contribution in [2.24, 2.45) is 0 Å². The Labute approximate surface area is 99.9 Å². The average molecular weight is 235 g/mol. The molecule has 16 heavy (non-hydrogen) atoms. The zero-order valence-electron chi connectivity index (χ0n) is 9.49. The standard InChI is InChI=1S/C12H17N3S/c1-2-10-3-4-11(16-10)9-13-6-5-12-14-7-8-15-12/h3-4,7-8,13H,2,5-6,9H2,1H3,(H,14,15). The van der Waals surface area contributed by atoms with E-state index < -0.39 is 0 Å². The molecule has 0 saturated carbocycles. The van der Waals surface area contributed by atoms with Crippen molar-refractivity contribution in [3.05, 3.63) is 40.1 Å². The Kier molecular flexibility index (Phi) is 4.13. The highest BCUT2D eigenvalue weighted by Gasteiger charge is 1.98. The fourth-order valence-electron chi connectivity index (χ4n) is 1.56. The van der Waals surface area contributed by atoms with E-state index in [0.717, 1.165) is 31.8 Å². The van der Waals surface area contributed by atoms with Gasteiger partial charge in [-0.25, -0.2) is 4.98 Å². The van der Waals surface area contributed by atoms with Crippen molar-refractivity contribution in [3.63, 3.8) is 0 Å². The van der Waals surface area contributed by atoms with E-state index in [9.17, 15) is 0 Å². The summed E-state index contributed by atoms with van der Waals surface area (Å²) >= 11 is 1.89. The average Bonchev–Trinajstić information content (AvgIpc) is 2.95. The number of aromatic amines is 1. The second kappa shape index (κ2) is 5.82. The molecule has 0 aromatic carbocycles. The highest BCUT2D eigenvalue weighted by molar-refractivity contribution is 7.11. The second-order valence-electron chi connectivity index (χ2n) is 3.68. The van der Waals surface area contributed by atoms with Crippen molar-refractivity contribution in [1.82, 2.24) is 15.3 Å². The molecule has 3 nitrogen and oxygen atoms in total. The number of nitrogens with zero attached hydrogens (tertiary/aromatic N) is 1. The predicted molar refractivity (Wildman–Crippen MR) is 67.7 cm³/mol. The van der Waals surface area contributed by atoms with Gasteiger partial charge in [0.25, 0.3) is 0 Å². The smallest absolute Gasteiger partial charge is 0.107 e. The van der Waals surface area contributed by atoms with Crippen molar-refractivity contribution in [3.8, 4) is 0 Å². The molecule has 4 heteroatoms. The van der Waals surface area contributed by atoms with Crippen LogP contribution >= 0.6 is 11.3 Å². The number of aromatic nitrogens is 2. The highest BCUT2D eigenvalue weighted by Crippen LogP contribution is 2.16. The molecular formula is C12H17N3S. The molecule has 2 rings (SSSR count). The molecule has 0 bridgehead atoms. The van der Waals surface area contributed by atoms with Crippen LogP contribution in [0.2, 0.25) is 0 Å². The molecule has 0 saturated heterocycles. The number of hydrogen-bond acceptors (Lipinski definition) is 3. The van der Waals surface area contributed by atoms with E-state index in [0.29, 0.717) is 0 Å². The van der Waals surface area contributed by atoms with Gasteiger partial charge in [-0.2, -0.15) is 0 Å². The van der Waals surface area contributed by atoms with Crippen LogP contribution < -0.4 is 5.32 Å². The van der Waals surface area contributed by atoms with E-state index in [1.165, 1.54) is 9.75 Å². The maximum Gasteiger partial charge on any atom is 0.107 e. The van der Waals surface area contributed by atoms with E-state index in [-0.39, 0.29) is 0 Å². The lowest BCUT2D eigenvalue weighted by molar-refractivity contribution is 0.680. The molecule has 0 aliphatic rings. The topological polar surface area (TPSA) is 40.7 Å². The van der Waals surface area contributed by atoms with Gasteiger partial charge in [-0.1, -0.05) is 6.92 Å². The molecule has 0 amide bonds. The Hall–Kier alpha value is -1.13. The Morgan fingerprint density at radius 2 is 2.25 bits per heavy atom. The first-order chi connectivity index (χ1) is 7.88. The van der Waals surface area contributed by atoms with Crippen LogP contribution in [0.3, 0.4) is 0 Å². The maximum atomic E-state index is 4.19. The minimum Gasteiger partial charge on any atom is -0.349 e. The van der Waals surface area contributed by atoms with Crippen LogP contribution in [0.25, 0.3) is 0 Å². The Morgan fingerprint density at radius 1 is 1.38 bits per heavy atom. The summed E-state index contributed by atoms with van der Waals surface area (Å²) in [5, 5.41) is 3.43. The zero-order valence-corrected chi connectivity index (χ0v) is 10.3. The molecule has 0 radical (unpaired) electrons. The van der Waals surface area contributed by atoms with Gasteiger partial charge in [-0.3, -0.25) is 0 Å². The lowest BCUT2D eigenvalue weighted by Crippen LogP contribution is -2.16. The first kappa shape index (κ1) is 11.4. The van der Waals surface area contributed by atoms with E-state index in [4.69, 9.17) is 0 Å². The molecule has 0 aliphatic heterocycles. The number of thiophene rings is 1. The number of hydrogen-bond donors (Lipinski definition) is 2. The number of imidazole rings is 1. The molecule has 86 valence electrons. The Balaban J connectivity index is 1.68. The van der Waals surface area contributed by atoms with Crippen molar-refractivity contribution in [2.45, 2.75) is 26.3 Å².